The van der Waals surface area contributed by atoms with E-state index in [-0.39, 0.29) is 6.04 Å². The molecule has 5 nitrogen and oxygen atoms in total. The zero-order valence-electron chi connectivity index (χ0n) is 11.6. The SMILES string of the molecule is CC(C)CCn1nnnc1C(C)NCC(C)C. The first-order chi connectivity index (χ1) is 8.00. The van der Waals surface area contributed by atoms with E-state index in [1.165, 1.54) is 0 Å². The first-order valence-corrected chi connectivity index (χ1v) is 6.50. The van der Waals surface area contributed by atoms with E-state index < -0.39 is 0 Å². The Bertz CT molecular complexity index is 318. The Morgan fingerprint density at radius 1 is 1.12 bits per heavy atom. The minimum Gasteiger partial charge on any atom is -0.307 e. The summed E-state index contributed by atoms with van der Waals surface area (Å²) in [6.07, 6.45) is 1.11. The van der Waals surface area contributed by atoms with Crippen LogP contribution in [0.1, 0.15) is 52.9 Å². The summed E-state index contributed by atoms with van der Waals surface area (Å²) >= 11 is 0. The molecule has 1 aromatic rings. The number of tetrazole rings is 1. The summed E-state index contributed by atoms with van der Waals surface area (Å²) in [6.45, 7) is 12.8. The number of aryl methyl sites for hydroxylation is 1. The quantitative estimate of drug-likeness (QED) is 0.791. The maximum Gasteiger partial charge on any atom is 0.167 e. The number of hydrogen-bond acceptors (Lipinski definition) is 4. The summed E-state index contributed by atoms with van der Waals surface area (Å²) in [6, 6.07) is 0.208. The molecule has 0 saturated heterocycles. The Labute approximate surface area is 104 Å². The van der Waals surface area contributed by atoms with Gasteiger partial charge in [0.1, 0.15) is 0 Å². The summed E-state index contributed by atoms with van der Waals surface area (Å²) in [5.41, 5.74) is 0. The average molecular weight is 239 g/mol. The minimum atomic E-state index is 0.208. The van der Waals surface area contributed by atoms with Crippen LogP contribution in [0.4, 0.5) is 0 Å². The van der Waals surface area contributed by atoms with Gasteiger partial charge in [-0.15, -0.1) is 5.10 Å². The smallest absolute Gasteiger partial charge is 0.167 e. The highest BCUT2D eigenvalue weighted by atomic mass is 15.5. The lowest BCUT2D eigenvalue weighted by Crippen LogP contribution is -2.26. The fraction of sp³-hybridized carbons (Fsp3) is 0.917. The number of nitrogens with one attached hydrogen (secondary N) is 1. The van der Waals surface area contributed by atoms with Gasteiger partial charge in [-0.2, -0.15) is 0 Å². The Morgan fingerprint density at radius 3 is 2.41 bits per heavy atom. The van der Waals surface area contributed by atoms with E-state index >= 15 is 0 Å². The predicted molar refractivity (Wildman–Crippen MR) is 68.5 cm³/mol. The molecule has 0 saturated carbocycles. The molecule has 0 aliphatic heterocycles. The molecule has 0 fully saturated rings. The van der Waals surface area contributed by atoms with Gasteiger partial charge in [0, 0.05) is 6.54 Å². The molecule has 0 aliphatic rings. The molecular weight excluding hydrogens is 214 g/mol. The number of hydrogen-bond donors (Lipinski definition) is 1. The third kappa shape index (κ3) is 4.81. The first-order valence-electron chi connectivity index (χ1n) is 6.50. The van der Waals surface area contributed by atoms with Gasteiger partial charge in [-0.25, -0.2) is 4.68 Å². The van der Waals surface area contributed by atoms with Gasteiger partial charge in [0.2, 0.25) is 0 Å². The van der Waals surface area contributed by atoms with E-state index in [1.807, 2.05) is 4.68 Å². The van der Waals surface area contributed by atoms with Crippen LogP contribution in [0.3, 0.4) is 0 Å². The number of rotatable bonds is 7. The van der Waals surface area contributed by atoms with E-state index in [0.29, 0.717) is 11.8 Å². The first kappa shape index (κ1) is 14.1. The zero-order valence-corrected chi connectivity index (χ0v) is 11.6. The molecule has 1 unspecified atom stereocenters. The van der Waals surface area contributed by atoms with Crippen LogP contribution in [0.5, 0.6) is 0 Å². The van der Waals surface area contributed by atoms with Crippen LogP contribution in [0.2, 0.25) is 0 Å². The Hall–Kier alpha value is -0.970. The number of nitrogens with zero attached hydrogens (tertiary/aromatic N) is 4. The van der Waals surface area contributed by atoms with Crippen molar-refractivity contribution in [3.63, 3.8) is 0 Å². The van der Waals surface area contributed by atoms with Crippen LogP contribution in [0.25, 0.3) is 0 Å². The van der Waals surface area contributed by atoms with Gasteiger partial charge >= 0.3 is 0 Å². The normalized spacial score (nSPS) is 13.6. The van der Waals surface area contributed by atoms with Crippen LogP contribution < -0.4 is 5.32 Å². The zero-order chi connectivity index (χ0) is 12.8. The van der Waals surface area contributed by atoms with E-state index in [0.717, 1.165) is 25.3 Å². The average Bonchev–Trinajstić information content (AvgIpc) is 2.71. The lowest BCUT2D eigenvalue weighted by Gasteiger charge is -2.15. The molecule has 1 rings (SSSR count). The van der Waals surface area contributed by atoms with E-state index in [1.54, 1.807) is 0 Å². The molecule has 98 valence electrons. The highest BCUT2D eigenvalue weighted by molar-refractivity contribution is 4.89. The van der Waals surface area contributed by atoms with Gasteiger partial charge in [-0.1, -0.05) is 27.7 Å². The molecule has 0 spiro atoms. The molecule has 0 radical (unpaired) electrons. The fourth-order valence-electron chi connectivity index (χ4n) is 1.57. The maximum atomic E-state index is 4.11. The second-order valence-corrected chi connectivity index (χ2v) is 5.47. The van der Waals surface area contributed by atoms with Gasteiger partial charge in [-0.3, -0.25) is 0 Å². The van der Waals surface area contributed by atoms with Crippen molar-refractivity contribution in [2.24, 2.45) is 11.8 Å². The van der Waals surface area contributed by atoms with Gasteiger partial charge in [0.05, 0.1) is 6.04 Å². The van der Waals surface area contributed by atoms with E-state index in [2.05, 4.69) is 55.5 Å². The van der Waals surface area contributed by atoms with Crippen molar-refractivity contribution in [1.29, 1.82) is 0 Å². The van der Waals surface area contributed by atoms with Crippen LogP contribution in [0, 0.1) is 11.8 Å². The molecule has 1 atom stereocenters. The Morgan fingerprint density at radius 2 is 1.82 bits per heavy atom. The van der Waals surface area contributed by atoms with Crippen molar-refractivity contribution in [3.05, 3.63) is 5.82 Å². The Balaban J connectivity index is 2.54. The Kier molecular flexibility index (Phi) is 5.55. The number of aromatic nitrogens is 4. The lowest BCUT2D eigenvalue weighted by molar-refractivity contribution is 0.427. The summed E-state index contributed by atoms with van der Waals surface area (Å²) in [4.78, 5) is 0. The summed E-state index contributed by atoms with van der Waals surface area (Å²) in [5, 5.41) is 15.4. The molecule has 0 aromatic carbocycles. The molecule has 0 amide bonds. The molecule has 5 heteroatoms. The third-order valence-electron chi connectivity index (χ3n) is 2.70. The third-order valence-corrected chi connectivity index (χ3v) is 2.70. The van der Waals surface area contributed by atoms with Crippen molar-refractivity contribution in [2.75, 3.05) is 6.54 Å². The largest absolute Gasteiger partial charge is 0.307 e. The summed E-state index contributed by atoms with van der Waals surface area (Å²) in [5.74, 6) is 2.25. The van der Waals surface area contributed by atoms with E-state index in [9.17, 15) is 0 Å². The molecule has 17 heavy (non-hydrogen) atoms. The highest BCUT2D eigenvalue weighted by Crippen LogP contribution is 2.10. The van der Waals surface area contributed by atoms with Crippen LogP contribution in [0.15, 0.2) is 0 Å². The molecular formula is C12H25N5. The van der Waals surface area contributed by atoms with Crippen molar-refractivity contribution in [2.45, 2.75) is 53.6 Å². The summed E-state index contributed by atoms with van der Waals surface area (Å²) in [7, 11) is 0. The van der Waals surface area contributed by atoms with Gasteiger partial charge < -0.3 is 5.32 Å². The molecule has 0 bridgehead atoms. The van der Waals surface area contributed by atoms with Crippen LogP contribution in [-0.2, 0) is 6.54 Å². The summed E-state index contributed by atoms with van der Waals surface area (Å²) < 4.78 is 1.91. The second-order valence-electron chi connectivity index (χ2n) is 5.47. The standard InChI is InChI=1S/C12H25N5/c1-9(2)6-7-17-12(14-15-16-17)11(5)13-8-10(3)4/h9-11,13H,6-8H2,1-5H3. The van der Waals surface area contributed by atoms with Gasteiger partial charge in [0.25, 0.3) is 0 Å². The van der Waals surface area contributed by atoms with Crippen molar-refractivity contribution >= 4 is 0 Å². The second kappa shape index (κ2) is 6.69. The van der Waals surface area contributed by atoms with E-state index in [4.69, 9.17) is 0 Å². The fourth-order valence-corrected chi connectivity index (χ4v) is 1.57. The molecule has 1 N–H and O–H groups in total. The van der Waals surface area contributed by atoms with Crippen LogP contribution >= 0.6 is 0 Å². The predicted octanol–water partition coefficient (Wildman–Crippen LogP) is 2.03. The minimum absolute atomic E-state index is 0.208. The maximum absolute atomic E-state index is 4.11. The monoisotopic (exact) mass is 239 g/mol. The lowest BCUT2D eigenvalue weighted by atomic mass is 10.1. The van der Waals surface area contributed by atoms with Crippen molar-refractivity contribution in [1.82, 2.24) is 25.5 Å². The highest BCUT2D eigenvalue weighted by Gasteiger charge is 2.14. The van der Waals surface area contributed by atoms with Gasteiger partial charge in [-0.05, 0) is 42.2 Å². The topological polar surface area (TPSA) is 55.6 Å². The molecule has 0 aliphatic carbocycles. The van der Waals surface area contributed by atoms with Crippen molar-refractivity contribution in [3.8, 4) is 0 Å². The molecule has 1 aromatic heterocycles. The van der Waals surface area contributed by atoms with Crippen LogP contribution in [-0.4, -0.2) is 26.8 Å². The van der Waals surface area contributed by atoms with Gasteiger partial charge in [0.15, 0.2) is 5.82 Å². The van der Waals surface area contributed by atoms with Crippen molar-refractivity contribution < 1.29 is 0 Å². The molecule has 1 heterocycles.